The molecule has 112 valence electrons. The van der Waals surface area contributed by atoms with Crippen molar-refractivity contribution in [3.63, 3.8) is 0 Å². The van der Waals surface area contributed by atoms with Crippen molar-refractivity contribution < 1.29 is 9.59 Å². The van der Waals surface area contributed by atoms with E-state index in [2.05, 4.69) is 24.2 Å². The molecule has 4 heteroatoms. The maximum absolute atomic E-state index is 12.5. The highest BCUT2D eigenvalue weighted by Crippen LogP contribution is 2.24. The van der Waals surface area contributed by atoms with Gasteiger partial charge in [-0.1, -0.05) is 38.1 Å². The summed E-state index contributed by atoms with van der Waals surface area (Å²) in [6.07, 6.45) is 3.17. The van der Waals surface area contributed by atoms with Crippen molar-refractivity contribution in [1.82, 2.24) is 0 Å². The SMILES string of the molecule is CCc1cccc(CC)c1NC(=O)c1cccc(N=C=O)c1. The normalized spacial score (nSPS) is 9.91. The number of hydrogen-bond donors (Lipinski definition) is 1. The molecule has 0 aliphatic rings. The van der Waals surface area contributed by atoms with Crippen molar-refractivity contribution in [3.8, 4) is 0 Å². The molecule has 2 rings (SSSR count). The Kier molecular flexibility index (Phi) is 5.23. The van der Waals surface area contributed by atoms with Crippen LogP contribution in [0.25, 0.3) is 0 Å². The van der Waals surface area contributed by atoms with Crippen LogP contribution in [-0.4, -0.2) is 12.0 Å². The van der Waals surface area contributed by atoms with Gasteiger partial charge in [0.05, 0.1) is 5.69 Å². The van der Waals surface area contributed by atoms with Gasteiger partial charge in [-0.25, -0.2) is 4.79 Å². The van der Waals surface area contributed by atoms with E-state index in [1.54, 1.807) is 24.3 Å². The third kappa shape index (κ3) is 3.48. The van der Waals surface area contributed by atoms with Crippen LogP contribution >= 0.6 is 0 Å². The first-order valence-electron chi connectivity index (χ1n) is 7.29. The van der Waals surface area contributed by atoms with Gasteiger partial charge < -0.3 is 5.32 Å². The van der Waals surface area contributed by atoms with Gasteiger partial charge in [-0.3, -0.25) is 4.79 Å². The second-order valence-electron chi connectivity index (χ2n) is 4.87. The molecule has 0 fully saturated rings. The molecule has 0 aromatic heterocycles. The highest BCUT2D eigenvalue weighted by molar-refractivity contribution is 6.05. The van der Waals surface area contributed by atoms with Crippen LogP contribution < -0.4 is 5.32 Å². The van der Waals surface area contributed by atoms with Gasteiger partial charge in [0.1, 0.15) is 0 Å². The second-order valence-corrected chi connectivity index (χ2v) is 4.87. The second kappa shape index (κ2) is 7.34. The molecule has 0 saturated heterocycles. The number of nitrogens with one attached hydrogen (secondary N) is 1. The first kappa shape index (κ1) is 15.7. The molecule has 0 bridgehead atoms. The van der Waals surface area contributed by atoms with Crippen LogP contribution in [0.15, 0.2) is 47.5 Å². The Bertz CT molecular complexity index is 709. The van der Waals surface area contributed by atoms with E-state index < -0.39 is 0 Å². The largest absolute Gasteiger partial charge is 0.321 e. The molecule has 22 heavy (non-hydrogen) atoms. The van der Waals surface area contributed by atoms with E-state index in [1.165, 1.54) is 6.08 Å². The molecule has 0 saturated carbocycles. The van der Waals surface area contributed by atoms with E-state index in [4.69, 9.17) is 0 Å². The fourth-order valence-corrected chi connectivity index (χ4v) is 2.36. The number of carbonyl (C=O) groups is 1. The summed E-state index contributed by atoms with van der Waals surface area (Å²) >= 11 is 0. The number of anilines is 1. The van der Waals surface area contributed by atoms with Gasteiger partial charge in [-0.05, 0) is 42.2 Å². The summed E-state index contributed by atoms with van der Waals surface area (Å²) in [6, 6.07) is 12.6. The zero-order valence-corrected chi connectivity index (χ0v) is 12.7. The molecule has 1 N–H and O–H groups in total. The molecule has 0 aliphatic heterocycles. The van der Waals surface area contributed by atoms with Crippen LogP contribution in [-0.2, 0) is 17.6 Å². The maximum atomic E-state index is 12.5. The quantitative estimate of drug-likeness (QED) is 0.668. The molecular weight excluding hydrogens is 276 g/mol. The molecule has 0 radical (unpaired) electrons. The van der Waals surface area contributed by atoms with Gasteiger partial charge in [0.2, 0.25) is 6.08 Å². The number of isocyanates is 1. The van der Waals surface area contributed by atoms with Crippen molar-refractivity contribution >= 4 is 23.4 Å². The van der Waals surface area contributed by atoms with E-state index in [1.807, 2.05) is 18.2 Å². The lowest BCUT2D eigenvalue weighted by Gasteiger charge is -2.14. The smallest absolute Gasteiger partial charge is 0.255 e. The van der Waals surface area contributed by atoms with Gasteiger partial charge >= 0.3 is 0 Å². The molecule has 2 aromatic rings. The molecule has 0 atom stereocenters. The summed E-state index contributed by atoms with van der Waals surface area (Å²) in [5.41, 5.74) is 3.97. The molecule has 2 aromatic carbocycles. The highest BCUT2D eigenvalue weighted by atomic mass is 16.1. The average molecular weight is 294 g/mol. The Balaban J connectivity index is 2.33. The lowest BCUT2D eigenvalue weighted by atomic mass is 10.0. The summed E-state index contributed by atoms with van der Waals surface area (Å²) < 4.78 is 0. The van der Waals surface area contributed by atoms with Crippen LogP contribution in [0.3, 0.4) is 0 Å². The fraction of sp³-hybridized carbons (Fsp3) is 0.222. The van der Waals surface area contributed by atoms with Crippen molar-refractivity contribution in [1.29, 1.82) is 0 Å². The van der Waals surface area contributed by atoms with Crippen molar-refractivity contribution in [2.24, 2.45) is 4.99 Å². The minimum Gasteiger partial charge on any atom is -0.321 e. The summed E-state index contributed by atoms with van der Waals surface area (Å²) in [7, 11) is 0. The number of benzene rings is 2. The van der Waals surface area contributed by atoms with E-state index in [0.717, 1.165) is 29.7 Å². The van der Waals surface area contributed by atoms with Crippen LogP contribution in [0.4, 0.5) is 11.4 Å². The van der Waals surface area contributed by atoms with Crippen LogP contribution in [0.2, 0.25) is 0 Å². The Hall–Kier alpha value is -2.71. The maximum Gasteiger partial charge on any atom is 0.255 e. The van der Waals surface area contributed by atoms with E-state index in [-0.39, 0.29) is 5.91 Å². The van der Waals surface area contributed by atoms with Crippen molar-refractivity contribution in [2.75, 3.05) is 5.32 Å². The summed E-state index contributed by atoms with van der Waals surface area (Å²) in [5, 5.41) is 2.99. The van der Waals surface area contributed by atoms with E-state index in [9.17, 15) is 9.59 Å². The molecule has 1 amide bonds. The first-order valence-corrected chi connectivity index (χ1v) is 7.29. The summed E-state index contributed by atoms with van der Waals surface area (Å²) in [6.45, 7) is 4.12. The zero-order chi connectivity index (χ0) is 15.9. The van der Waals surface area contributed by atoms with Crippen molar-refractivity contribution in [2.45, 2.75) is 26.7 Å². The summed E-state index contributed by atoms with van der Waals surface area (Å²) in [4.78, 5) is 26.3. The minimum atomic E-state index is -0.210. The lowest BCUT2D eigenvalue weighted by molar-refractivity contribution is 0.102. The first-order chi connectivity index (χ1) is 10.7. The molecule has 0 heterocycles. The molecule has 0 unspecified atom stereocenters. The Morgan fingerprint density at radius 3 is 2.32 bits per heavy atom. The van der Waals surface area contributed by atoms with Gasteiger partial charge in [0, 0.05) is 11.3 Å². The number of nitrogens with zero attached hydrogens (tertiary/aromatic N) is 1. The standard InChI is InChI=1S/C18H18N2O2/c1-3-13-7-5-8-14(4-2)17(13)20-18(22)15-9-6-10-16(11-15)19-12-21/h5-11H,3-4H2,1-2H3,(H,20,22). The molecule has 4 nitrogen and oxygen atoms in total. The molecular formula is C18H18N2O2. The third-order valence-electron chi connectivity index (χ3n) is 3.52. The highest BCUT2D eigenvalue weighted by Gasteiger charge is 2.12. The Morgan fingerprint density at radius 1 is 1.09 bits per heavy atom. The molecule has 0 spiro atoms. The Labute approximate surface area is 129 Å². The van der Waals surface area contributed by atoms with Gasteiger partial charge in [-0.2, -0.15) is 4.99 Å². The van der Waals surface area contributed by atoms with Gasteiger partial charge in [-0.15, -0.1) is 0 Å². The van der Waals surface area contributed by atoms with E-state index >= 15 is 0 Å². The van der Waals surface area contributed by atoms with Crippen LogP contribution in [0, 0.1) is 0 Å². The lowest BCUT2D eigenvalue weighted by Crippen LogP contribution is -2.14. The fourth-order valence-electron chi connectivity index (χ4n) is 2.36. The number of carbonyl (C=O) groups excluding carboxylic acids is 2. The number of aliphatic imine (C=N–C) groups is 1. The summed E-state index contributed by atoms with van der Waals surface area (Å²) in [5.74, 6) is -0.210. The van der Waals surface area contributed by atoms with Crippen LogP contribution in [0.1, 0.15) is 35.3 Å². The number of rotatable bonds is 5. The van der Waals surface area contributed by atoms with Crippen molar-refractivity contribution in [3.05, 3.63) is 59.2 Å². The van der Waals surface area contributed by atoms with Gasteiger partial charge in [0.15, 0.2) is 0 Å². The van der Waals surface area contributed by atoms with Crippen LogP contribution in [0.5, 0.6) is 0 Å². The van der Waals surface area contributed by atoms with E-state index in [0.29, 0.717) is 11.3 Å². The average Bonchev–Trinajstić information content (AvgIpc) is 2.55. The minimum absolute atomic E-state index is 0.210. The predicted molar refractivity (Wildman–Crippen MR) is 87.4 cm³/mol. The number of hydrogen-bond acceptors (Lipinski definition) is 3. The topological polar surface area (TPSA) is 58.5 Å². The monoisotopic (exact) mass is 294 g/mol. The predicted octanol–water partition coefficient (Wildman–Crippen LogP) is 4.03. The number of amides is 1. The Morgan fingerprint density at radius 2 is 1.73 bits per heavy atom. The van der Waals surface area contributed by atoms with Gasteiger partial charge in [0.25, 0.3) is 5.91 Å². The molecule has 0 aliphatic carbocycles. The number of para-hydroxylation sites is 1. The third-order valence-corrected chi connectivity index (χ3v) is 3.52. The number of aryl methyl sites for hydroxylation is 2. The zero-order valence-electron chi connectivity index (χ0n) is 12.7.